The second-order valence-electron chi connectivity index (χ2n) is 6.14. The molecule has 0 radical (unpaired) electrons. The summed E-state index contributed by atoms with van der Waals surface area (Å²) >= 11 is 0. The highest BCUT2D eigenvalue weighted by Gasteiger charge is 2.17. The van der Waals surface area contributed by atoms with Crippen LogP contribution in [0.3, 0.4) is 0 Å². The molecule has 3 aromatic carbocycles. The minimum absolute atomic E-state index is 0.666. The maximum Gasteiger partial charge on any atom is 0.187 e. The largest absolute Gasteiger partial charge is 0.497 e. The highest BCUT2D eigenvalue weighted by atomic mass is 16.5. The molecule has 0 aliphatic carbocycles. The molecule has 0 saturated carbocycles. The van der Waals surface area contributed by atoms with Crippen molar-refractivity contribution in [2.24, 2.45) is 0 Å². The van der Waals surface area contributed by atoms with Gasteiger partial charge in [-0.05, 0) is 46.8 Å². The number of benzene rings is 3. The van der Waals surface area contributed by atoms with Gasteiger partial charge in [0.25, 0.3) is 0 Å². The van der Waals surface area contributed by atoms with E-state index >= 15 is 0 Å². The Morgan fingerprint density at radius 2 is 1.41 bits per heavy atom. The average Bonchev–Trinajstić information content (AvgIpc) is 3.21. The predicted octanol–water partition coefficient (Wildman–Crippen LogP) is 4.04. The smallest absolute Gasteiger partial charge is 0.187 e. The Kier molecular flexibility index (Phi) is 3.53. The van der Waals surface area contributed by atoms with E-state index in [4.69, 9.17) is 9.72 Å². The second kappa shape index (κ2) is 6.17. The number of ether oxygens (including phenoxy) is 1. The van der Waals surface area contributed by atoms with Gasteiger partial charge in [-0.3, -0.25) is 0 Å². The van der Waals surface area contributed by atoms with Gasteiger partial charge in [0, 0.05) is 16.3 Å². The Balaban J connectivity index is 1.82. The number of hydrogen-bond donors (Lipinski definition) is 0. The number of aromatic nitrogens is 5. The van der Waals surface area contributed by atoms with Crippen molar-refractivity contribution >= 4 is 21.8 Å². The van der Waals surface area contributed by atoms with E-state index in [1.807, 2.05) is 72.8 Å². The number of fused-ring (bicyclic) bond motifs is 2. The topological polar surface area (TPSA) is 65.7 Å². The van der Waals surface area contributed by atoms with E-state index in [-0.39, 0.29) is 0 Å². The van der Waals surface area contributed by atoms with Gasteiger partial charge in [0.1, 0.15) is 5.75 Å². The molecule has 5 rings (SSSR count). The van der Waals surface area contributed by atoms with Gasteiger partial charge < -0.3 is 4.74 Å². The van der Waals surface area contributed by atoms with Crippen LogP contribution < -0.4 is 4.74 Å². The summed E-state index contributed by atoms with van der Waals surface area (Å²) in [6.45, 7) is 0. The Morgan fingerprint density at radius 1 is 0.778 bits per heavy atom. The zero-order valence-electron chi connectivity index (χ0n) is 14.6. The van der Waals surface area contributed by atoms with Gasteiger partial charge in [0.2, 0.25) is 0 Å². The van der Waals surface area contributed by atoms with Crippen molar-refractivity contribution in [3.05, 3.63) is 72.8 Å². The first-order chi connectivity index (χ1) is 13.3. The van der Waals surface area contributed by atoms with Crippen molar-refractivity contribution in [3.63, 3.8) is 0 Å². The lowest BCUT2D eigenvalue weighted by Crippen LogP contribution is -2.03. The molecule has 0 saturated heterocycles. The molecule has 0 aliphatic heterocycles. The number of tetrazole rings is 1. The van der Waals surface area contributed by atoms with Gasteiger partial charge in [-0.25, -0.2) is 4.98 Å². The van der Waals surface area contributed by atoms with Gasteiger partial charge in [-0.15, -0.1) is 5.10 Å². The molecule has 2 heterocycles. The first-order valence-corrected chi connectivity index (χ1v) is 8.56. The van der Waals surface area contributed by atoms with E-state index in [1.165, 1.54) is 0 Å². The van der Waals surface area contributed by atoms with Crippen LogP contribution in [0.2, 0.25) is 0 Å². The first kappa shape index (κ1) is 15.5. The number of para-hydroxylation sites is 2. The summed E-state index contributed by atoms with van der Waals surface area (Å²) in [5, 5.41) is 14.5. The predicted molar refractivity (Wildman–Crippen MR) is 104 cm³/mol. The third-order valence-corrected chi connectivity index (χ3v) is 4.59. The van der Waals surface area contributed by atoms with Crippen molar-refractivity contribution in [2.75, 3.05) is 7.11 Å². The van der Waals surface area contributed by atoms with Crippen LogP contribution in [0.25, 0.3) is 38.9 Å². The van der Waals surface area contributed by atoms with Gasteiger partial charge in [-0.1, -0.05) is 36.4 Å². The van der Waals surface area contributed by atoms with E-state index in [0.717, 1.165) is 38.8 Å². The lowest BCUT2D eigenvalue weighted by atomic mass is 10.1. The SMILES string of the molecule is COc1ccc(-c2nnnn2-c2c3ccccc3nc3ccccc23)cc1. The summed E-state index contributed by atoms with van der Waals surface area (Å²) < 4.78 is 7.04. The summed E-state index contributed by atoms with van der Waals surface area (Å²) in [5.74, 6) is 1.46. The fraction of sp³-hybridized carbons (Fsp3) is 0.0476. The maximum absolute atomic E-state index is 5.25. The molecule has 6 heteroatoms. The van der Waals surface area contributed by atoms with Gasteiger partial charge in [0.05, 0.1) is 23.8 Å². The summed E-state index contributed by atoms with van der Waals surface area (Å²) in [4.78, 5) is 4.77. The van der Waals surface area contributed by atoms with Crippen LogP contribution in [0, 0.1) is 0 Å². The fourth-order valence-electron chi connectivity index (χ4n) is 3.30. The fourth-order valence-corrected chi connectivity index (χ4v) is 3.30. The molecule has 0 aliphatic rings. The standard InChI is InChI=1S/C21H15N5O/c1-27-15-12-10-14(11-13-15)21-23-24-25-26(21)20-16-6-2-4-8-18(16)22-19-9-5-3-7-17(19)20/h2-13H,1H3. The Labute approximate surface area is 155 Å². The lowest BCUT2D eigenvalue weighted by molar-refractivity contribution is 0.415. The average molecular weight is 353 g/mol. The highest BCUT2D eigenvalue weighted by molar-refractivity contribution is 6.03. The van der Waals surface area contributed by atoms with Crippen molar-refractivity contribution in [3.8, 4) is 22.8 Å². The first-order valence-electron chi connectivity index (χ1n) is 8.56. The molecular formula is C21H15N5O. The van der Waals surface area contributed by atoms with E-state index in [0.29, 0.717) is 5.82 Å². The number of hydrogen-bond acceptors (Lipinski definition) is 5. The monoisotopic (exact) mass is 353 g/mol. The van der Waals surface area contributed by atoms with Crippen LogP contribution in [-0.2, 0) is 0 Å². The summed E-state index contributed by atoms with van der Waals surface area (Å²) in [6, 6.07) is 23.8. The Morgan fingerprint density at radius 3 is 2.04 bits per heavy atom. The van der Waals surface area contributed by atoms with Crippen LogP contribution >= 0.6 is 0 Å². The van der Waals surface area contributed by atoms with Gasteiger partial charge >= 0.3 is 0 Å². The molecule has 6 nitrogen and oxygen atoms in total. The van der Waals surface area contributed by atoms with E-state index < -0.39 is 0 Å². The molecule has 27 heavy (non-hydrogen) atoms. The lowest BCUT2D eigenvalue weighted by Gasteiger charge is -2.12. The highest BCUT2D eigenvalue weighted by Crippen LogP contribution is 2.31. The summed E-state index contributed by atoms with van der Waals surface area (Å²) in [6.07, 6.45) is 0. The molecular weight excluding hydrogens is 338 g/mol. The van der Waals surface area contributed by atoms with Gasteiger partial charge in [0.15, 0.2) is 5.82 Å². The molecule has 0 N–H and O–H groups in total. The quantitative estimate of drug-likeness (QED) is 0.458. The number of rotatable bonds is 3. The van der Waals surface area contributed by atoms with Crippen LogP contribution in [0.5, 0.6) is 5.75 Å². The normalized spacial score (nSPS) is 11.1. The van der Waals surface area contributed by atoms with Crippen LogP contribution in [-0.4, -0.2) is 32.3 Å². The van der Waals surface area contributed by atoms with Crippen LogP contribution in [0.4, 0.5) is 0 Å². The third kappa shape index (κ3) is 2.50. The van der Waals surface area contributed by atoms with Crippen molar-refractivity contribution in [2.45, 2.75) is 0 Å². The molecule has 0 amide bonds. The molecule has 2 aromatic heterocycles. The molecule has 0 fully saturated rings. The molecule has 0 unspecified atom stereocenters. The Hall–Kier alpha value is -3.80. The maximum atomic E-state index is 5.25. The molecule has 0 bridgehead atoms. The molecule has 130 valence electrons. The summed E-state index contributed by atoms with van der Waals surface area (Å²) in [7, 11) is 1.65. The van der Waals surface area contributed by atoms with E-state index in [2.05, 4.69) is 15.5 Å². The van der Waals surface area contributed by atoms with Crippen LogP contribution in [0.1, 0.15) is 0 Å². The second-order valence-corrected chi connectivity index (χ2v) is 6.14. The zero-order chi connectivity index (χ0) is 18.2. The number of methoxy groups -OCH3 is 1. The molecule has 0 atom stereocenters. The zero-order valence-corrected chi connectivity index (χ0v) is 14.6. The van der Waals surface area contributed by atoms with E-state index in [1.54, 1.807) is 11.8 Å². The summed E-state index contributed by atoms with van der Waals surface area (Å²) in [5.41, 5.74) is 3.64. The van der Waals surface area contributed by atoms with Crippen molar-refractivity contribution < 1.29 is 4.74 Å². The molecule has 0 spiro atoms. The molecule has 5 aromatic rings. The van der Waals surface area contributed by atoms with Crippen molar-refractivity contribution in [1.29, 1.82) is 0 Å². The Bertz CT molecular complexity index is 1210. The number of nitrogens with zero attached hydrogens (tertiary/aromatic N) is 5. The number of pyridine rings is 1. The van der Waals surface area contributed by atoms with E-state index in [9.17, 15) is 0 Å². The third-order valence-electron chi connectivity index (χ3n) is 4.59. The van der Waals surface area contributed by atoms with Crippen LogP contribution in [0.15, 0.2) is 72.8 Å². The van der Waals surface area contributed by atoms with Gasteiger partial charge in [-0.2, -0.15) is 4.68 Å². The minimum atomic E-state index is 0.666. The van der Waals surface area contributed by atoms with Crippen molar-refractivity contribution in [1.82, 2.24) is 25.2 Å². The minimum Gasteiger partial charge on any atom is -0.497 e.